The van der Waals surface area contributed by atoms with Crippen LogP contribution in [0, 0.1) is 11.3 Å². The van der Waals surface area contributed by atoms with E-state index in [2.05, 4.69) is 0 Å². The van der Waals surface area contributed by atoms with Crippen LogP contribution < -0.4 is 11.0 Å². The van der Waals surface area contributed by atoms with E-state index in [0.29, 0.717) is 18.0 Å². The summed E-state index contributed by atoms with van der Waals surface area (Å²) in [7, 11) is 0. The number of hydrogen-bond donors (Lipinski definition) is 3. The summed E-state index contributed by atoms with van der Waals surface area (Å²) in [6, 6.07) is -2.03. The SMILES string of the molecule is [2H]N(C(=O)[C@@H](N)[C@H](O)C(C)C)[C@H](C=O)CC(C)(C)C. The topological polar surface area (TPSA) is 92.4 Å². The van der Waals surface area contributed by atoms with Crippen LogP contribution in [0.1, 0.15) is 41.0 Å². The molecule has 5 heteroatoms. The largest absolute Gasteiger partial charge is 0.391 e. The maximum absolute atomic E-state index is 12.0. The van der Waals surface area contributed by atoms with Crippen molar-refractivity contribution in [2.24, 2.45) is 17.1 Å². The molecule has 0 saturated heterocycles. The van der Waals surface area contributed by atoms with E-state index in [1.807, 2.05) is 20.8 Å². The van der Waals surface area contributed by atoms with Gasteiger partial charge in [0, 0.05) is 0 Å². The Morgan fingerprint density at radius 1 is 1.50 bits per heavy atom. The lowest BCUT2D eigenvalue weighted by Gasteiger charge is -2.26. The minimum atomic E-state index is -1.18. The Morgan fingerprint density at radius 2 is 2.00 bits per heavy atom. The van der Waals surface area contributed by atoms with E-state index in [1.165, 1.54) is 0 Å². The Bertz CT molecular complexity index is 316. The molecule has 0 aromatic rings. The van der Waals surface area contributed by atoms with Crippen LogP contribution in [0.3, 0.4) is 0 Å². The van der Waals surface area contributed by atoms with Crippen LogP contribution in [0.4, 0.5) is 0 Å². The first kappa shape index (κ1) is 15.1. The summed E-state index contributed by atoms with van der Waals surface area (Å²) < 4.78 is 7.74. The fourth-order valence-corrected chi connectivity index (χ4v) is 1.56. The zero-order valence-corrected chi connectivity index (χ0v) is 11.9. The molecule has 0 aliphatic rings. The average Bonchev–Trinajstić information content (AvgIpc) is 2.30. The smallest absolute Gasteiger partial charge is 0.240 e. The van der Waals surface area contributed by atoms with Crippen molar-refractivity contribution in [3.05, 3.63) is 0 Å². The van der Waals surface area contributed by atoms with Gasteiger partial charge in [0.25, 0.3) is 0 Å². The van der Waals surface area contributed by atoms with E-state index in [-0.39, 0.29) is 11.3 Å². The third-order valence-electron chi connectivity index (χ3n) is 2.61. The minimum Gasteiger partial charge on any atom is -0.391 e. The monoisotopic (exact) mass is 259 g/mol. The quantitative estimate of drug-likeness (QED) is 0.604. The molecule has 0 fully saturated rings. The van der Waals surface area contributed by atoms with Crippen LogP contribution in [0.15, 0.2) is 0 Å². The summed E-state index contributed by atoms with van der Waals surface area (Å²) in [5, 5.41) is 10.3. The Labute approximate surface area is 111 Å². The highest BCUT2D eigenvalue weighted by Gasteiger charge is 2.28. The van der Waals surface area contributed by atoms with E-state index >= 15 is 0 Å². The van der Waals surface area contributed by atoms with E-state index in [0.717, 1.165) is 0 Å². The first-order chi connectivity index (χ1) is 8.51. The Hall–Kier alpha value is -0.940. The lowest BCUT2D eigenvalue weighted by molar-refractivity contribution is -0.128. The fraction of sp³-hybridized carbons (Fsp3) is 0.846. The lowest BCUT2D eigenvalue weighted by Crippen LogP contribution is -2.53. The number of aldehydes is 1. The molecule has 0 saturated carbocycles. The van der Waals surface area contributed by atoms with Gasteiger partial charge in [0.05, 0.1) is 12.1 Å². The fourth-order valence-electron chi connectivity index (χ4n) is 1.56. The third kappa shape index (κ3) is 6.12. The van der Waals surface area contributed by atoms with Crippen molar-refractivity contribution in [1.82, 2.24) is 5.31 Å². The number of rotatable bonds is 6. The van der Waals surface area contributed by atoms with E-state index < -0.39 is 24.1 Å². The molecule has 106 valence electrons. The zero-order valence-electron chi connectivity index (χ0n) is 12.9. The molecule has 0 heterocycles. The molecule has 0 bridgehead atoms. The first-order valence-corrected chi connectivity index (χ1v) is 6.22. The Balaban J connectivity index is 4.82. The number of nitrogens with one attached hydrogen (secondary N) is 1. The summed E-state index contributed by atoms with van der Waals surface area (Å²) in [6.07, 6.45) is -0.0804. The maximum atomic E-state index is 12.0. The van der Waals surface area contributed by atoms with Crippen molar-refractivity contribution < 1.29 is 16.1 Å². The molecule has 0 aliphatic carbocycles. The zero-order chi connectivity index (χ0) is 15.4. The van der Waals surface area contributed by atoms with Crippen molar-refractivity contribution in [2.45, 2.75) is 59.2 Å². The van der Waals surface area contributed by atoms with E-state index in [9.17, 15) is 14.7 Å². The van der Waals surface area contributed by atoms with Crippen LogP contribution in [-0.4, -0.2) is 35.5 Å². The van der Waals surface area contributed by atoms with Gasteiger partial charge < -0.3 is 20.9 Å². The highest BCUT2D eigenvalue weighted by molar-refractivity contribution is 5.84. The number of hydrogen-bond acceptors (Lipinski definition) is 4. The molecular formula is C13H26N2O3. The number of aliphatic hydroxyl groups excluding tert-OH is 1. The van der Waals surface area contributed by atoms with Crippen molar-refractivity contribution >= 4 is 12.2 Å². The predicted octanol–water partition coefficient (Wildman–Crippen LogP) is 0.450. The number of carbonyl (C=O) groups excluding carboxylic acids is 2. The van der Waals surface area contributed by atoms with E-state index in [4.69, 9.17) is 7.15 Å². The van der Waals surface area contributed by atoms with Gasteiger partial charge in [-0.2, -0.15) is 0 Å². The summed E-state index contributed by atoms with van der Waals surface area (Å²) in [5.74, 6) is -0.924. The van der Waals surface area contributed by atoms with Crippen LogP contribution in [0.5, 0.6) is 0 Å². The first-order valence-electron chi connectivity index (χ1n) is 6.67. The normalized spacial score (nSPS) is 17.9. The molecule has 4 N–H and O–H groups in total. The average molecular weight is 259 g/mol. The second-order valence-electron chi connectivity index (χ2n) is 6.20. The highest BCUT2D eigenvalue weighted by atomic mass is 16.3. The minimum absolute atomic E-state index is 0.189. The molecule has 0 radical (unpaired) electrons. The molecule has 5 nitrogen and oxygen atoms in total. The van der Waals surface area contributed by atoms with Crippen LogP contribution >= 0.6 is 0 Å². The molecule has 0 aliphatic heterocycles. The van der Waals surface area contributed by atoms with Gasteiger partial charge >= 0.3 is 0 Å². The third-order valence-corrected chi connectivity index (χ3v) is 2.61. The summed E-state index contributed by atoms with van der Waals surface area (Å²) in [5.41, 5.74) is 5.45. The van der Waals surface area contributed by atoms with Gasteiger partial charge in [-0.1, -0.05) is 34.6 Å². The number of nitrogens with two attached hydrogens (primary N) is 1. The second-order valence-corrected chi connectivity index (χ2v) is 6.20. The molecule has 18 heavy (non-hydrogen) atoms. The standard InChI is InChI=1S/C13H26N2O3/c1-8(2)11(17)10(14)12(18)15-9(7-16)6-13(3,4)5/h7-11,17H,6,14H2,1-5H3,(H,15,18)/t9-,10-,11+/m0/s1/i/hD. The summed E-state index contributed by atoms with van der Waals surface area (Å²) in [4.78, 5) is 23.0. The molecule has 0 aromatic heterocycles. The van der Waals surface area contributed by atoms with Gasteiger partial charge in [0.1, 0.15) is 12.3 Å². The van der Waals surface area contributed by atoms with Crippen LogP contribution in [0.2, 0.25) is 1.41 Å². The number of amides is 1. The van der Waals surface area contributed by atoms with Crippen molar-refractivity contribution in [3.63, 3.8) is 0 Å². The molecule has 0 aromatic carbocycles. The Kier molecular flexibility index (Phi) is 5.75. The molecule has 0 spiro atoms. The van der Waals surface area contributed by atoms with Gasteiger partial charge in [-0.3, -0.25) is 4.79 Å². The van der Waals surface area contributed by atoms with Crippen LogP contribution in [-0.2, 0) is 9.59 Å². The summed E-state index contributed by atoms with van der Waals surface area (Å²) in [6.45, 7) is 9.23. The van der Waals surface area contributed by atoms with Gasteiger partial charge in [-0.25, -0.2) is 0 Å². The summed E-state index contributed by atoms with van der Waals surface area (Å²) >= 11 is 0. The number of carbonyl (C=O) groups is 2. The van der Waals surface area contributed by atoms with Crippen molar-refractivity contribution in [3.8, 4) is 0 Å². The van der Waals surface area contributed by atoms with Crippen LogP contribution in [0.25, 0.3) is 0 Å². The molecule has 1 amide bonds. The van der Waals surface area contributed by atoms with Gasteiger partial charge in [0.15, 0.2) is 1.41 Å². The lowest BCUT2D eigenvalue weighted by atomic mass is 9.88. The highest BCUT2D eigenvalue weighted by Crippen LogP contribution is 2.20. The number of aliphatic hydroxyl groups is 1. The predicted molar refractivity (Wildman–Crippen MR) is 70.9 cm³/mol. The molecule has 0 unspecified atom stereocenters. The second kappa shape index (κ2) is 6.85. The molecule has 3 atom stereocenters. The van der Waals surface area contributed by atoms with Gasteiger partial charge in [-0.05, 0) is 17.8 Å². The van der Waals surface area contributed by atoms with Gasteiger partial charge in [0.2, 0.25) is 5.91 Å². The van der Waals surface area contributed by atoms with Crippen molar-refractivity contribution in [1.29, 1.82) is 0 Å². The van der Waals surface area contributed by atoms with Gasteiger partial charge in [-0.15, -0.1) is 0 Å². The molecule has 0 rings (SSSR count). The Morgan fingerprint density at radius 3 is 2.33 bits per heavy atom. The van der Waals surface area contributed by atoms with E-state index in [1.54, 1.807) is 13.8 Å². The van der Waals surface area contributed by atoms with Crippen molar-refractivity contribution in [2.75, 3.05) is 0 Å². The molecular weight excluding hydrogens is 232 g/mol. The maximum Gasteiger partial charge on any atom is 0.240 e.